The van der Waals surface area contributed by atoms with Crippen LogP contribution < -0.4 is 0 Å². The number of hydrogen-bond donors (Lipinski definition) is 0. The molecule has 0 aliphatic heterocycles. The number of para-hydroxylation sites is 4. The van der Waals surface area contributed by atoms with E-state index in [4.69, 9.17) is 4.42 Å². The van der Waals surface area contributed by atoms with Crippen molar-refractivity contribution in [3.05, 3.63) is 431 Å². The number of benzene rings is 20. The summed E-state index contributed by atoms with van der Waals surface area (Å²) in [6, 6.07) is 158. The summed E-state index contributed by atoms with van der Waals surface area (Å²) in [6.07, 6.45) is 0. The highest BCUT2D eigenvalue weighted by Crippen LogP contribution is 2.46. The second-order valence-electron chi connectivity index (χ2n) is 31.9. The van der Waals surface area contributed by atoms with Crippen molar-refractivity contribution in [3.8, 4) is 72.9 Å². The van der Waals surface area contributed by atoms with Crippen LogP contribution in [0, 0.1) is 0 Å². The molecule has 0 amide bonds. The third-order valence-corrected chi connectivity index (χ3v) is 25.2. The van der Waals surface area contributed by atoms with Crippen LogP contribution >= 0.6 is 0 Å². The Morgan fingerprint density at radius 3 is 0.825 bits per heavy atom. The lowest BCUT2D eigenvalue weighted by Gasteiger charge is -2.12. The normalized spacial score (nSPS) is 12.0. The van der Waals surface area contributed by atoms with Gasteiger partial charge in [0, 0.05) is 99.1 Å². The Morgan fingerprint density at radius 1 is 0.125 bits per heavy atom. The monoisotopic (exact) mass is 1530 g/mol. The first-order valence-electron chi connectivity index (χ1n) is 41.2. The predicted octanol–water partition coefficient (Wildman–Crippen LogP) is 30.9. The summed E-state index contributed by atoms with van der Waals surface area (Å²) >= 11 is 0. The van der Waals surface area contributed by atoms with Gasteiger partial charge in [-0.3, -0.25) is 0 Å². The minimum atomic E-state index is 0.898. The van der Waals surface area contributed by atoms with Crippen molar-refractivity contribution in [2.75, 3.05) is 0 Å². The maximum Gasteiger partial charge on any atom is 0.137 e. The fourth-order valence-electron chi connectivity index (χ4n) is 19.6. The van der Waals surface area contributed by atoms with E-state index in [9.17, 15) is 0 Å². The molecule has 6 aromatic heterocycles. The maximum absolute atomic E-state index is 6.43. The molecule has 6 nitrogen and oxygen atoms in total. The van der Waals surface area contributed by atoms with Crippen LogP contribution in [0.25, 0.3) is 236 Å². The standard InChI is InChI=1S/C62H39N3.C52H32N2O/c1-2-13-40(14-3-1)45-19-12-20-48(33-45)63-57-23-10-8-21-51(57)53-36-46(27-31-59(53)63)47-28-32-60-54(37-47)56-38-55-52-22-9-11-24-58(52)64(49-29-25-41-15-4-6-17-43(41)34-49)61(55)39-62(56)65(60)50-30-26-42-16-5-7-18-44(42)35-50;1-2-11-33(12-3-1)36-15-10-16-39(27-36)53-47-19-8-6-17-41(47)43-29-37(22-25-48(43)53)38-23-26-49-44(30-38)45-31-46-42-18-7-9-20-51(42)55-52(46)32-50(45)54(49)40-24-21-34-13-4-5-14-35(34)28-40/h1-39H;1-32H. The molecule has 0 bridgehead atoms. The molecule has 6 heteroatoms. The highest BCUT2D eigenvalue weighted by molar-refractivity contribution is 6.22. The highest BCUT2D eigenvalue weighted by atomic mass is 16.3. The van der Waals surface area contributed by atoms with Crippen molar-refractivity contribution in [1.29, 1.82) is 0 Å². The van der Waals surface area contributed by atoms with Crippen molar-refractivity contribution in [1.82, 2.24) is 22.8 Å². The fraction of sp³-hybridized carbons (Fsp3) is 0. The molecule has 0 saturated carbocycles. The third-order valence-electron chi connectivity index (χ3n) is 25.2. The smallest absolute Gasteiger partial charge is 0.137 e. The molecule has 558 valence electrons. The van der Waals surface area contributed by atoms with Crippen LogP contribution in [-0.2, 0) is 0 Å². The quantitative estimate of drug-likeness (QED) is 0.142. The minimum absolute atomic E-state index is 0.898. The van der Waals surface area contributed by atoms with Crippen LogP contribution in [0.15, 0.2) is 435 Å². The Hall–Kier alpha value is -16.0. The molecule has 0 aliphatic carbocycles. The minimum Gasteiger partial charge on any atom is -0.456 e. The van der Waals surface area contributed by atoms with E-state index >= 15 is 0 Å². The van der Waals surface area contributed by atoms with Gasteiger partial charge in [-0.15, -0.1) is 0 Å². The molecule has 0 unspecified atom stereocenters. The first kappa shape index (κ1) is 67.3. The summed E-state index contributed by atoms with van der Waals surface area (Å²) in [4.78, 5) is 0. The molecule has 0 aliphatic rings. The molecular weight excluding hydrogens is 1460 g/mol. The van der Waals surface area contributed by atoms with Gasteiger partial charge in [-0.05, 0) is 228 Å². The van der Waals surface area contributed by atoms with E-state index in [2.05, 4.69) is 447 Å². The summed E-state index contributed by atoms with van der Waals surface area (Å²) in [5.41, 5.74) is 29.0. The summed E-state index contributed by atoms with van der Waals surface area (Å²) in [7, 11) is 0. The molecule has 6 heterocycles. The zero-order valence-corrected chi connectivity index (χ0v) is 65.1. The highest BCUT2D eigenvalue weighted by Gasteiger charge is 2.24. The molecule has 0 radical (unpaired) electrons. The average Bonchev–Trinajstić information content (AvgIpc) is 1.76. The lowest BCUT2D eigenvalue weighted by Crippen LogP contribution is -1.96. The zero-order chi connectivity index (χ0) is 78.6. The topological polar surface area (TPSA) is 37.8 Å². The van der Waals surface area contributed by atoms with E-state index in [-0.39, 0.29) is 0 Å². The van der Waals surface area contributed by atoms with E-state index in [1.807, 2.05) is 6.07 Å². The van der Waals surface area contributed by atoms with Gasteiger partial charge in [0.05, 0.1) is 55.2 Å². The van der Waals surface area contributed by atoms with Crippen LogP contribution in [0.2, 0.25) is 0 Å². The van der Waals surface area contributed by atoms with E-state index in [0.717, 1.165) is 55.9 Å². The Labute approximate surface area is 689 Å². The average molecular weight is 1530 g/mol. The van der Waals surface area contributed by atoms with Crippen LogP contribution in [0.1, 0.15) is 0 Å². The molecule has 26 rings (SSSR count). The van der Waals surface area contributed by atoms with Crippen molar-refractivity contribution >= 4 is 163 Å². The van der Waals surface area contributed by atoms with Crippen LogP contribution in [-0.4, -0.2) is 22.8 Å². The summed E-state index contributed by atoms with van der Waals surface area (Å²) in [5, 5.41) is 22.0. The van der Waals surface area contributed by atoms with Crippen LogP contribution in [0.3, 0.4) is 0 Å². The zero-order valence-electron chi connectivity index (χ0n) is 65.1. The first-order valence-corrected chi connectivity index (χ1v) is 41.2. The number of aromatic nitrogens is 5. The molecule has 20 aromatic carbocycles. The molecule has 0 N–H and O–H groups in total. The number of hydrogen-bond acceptors (Lipinski definition) is 1. The Kier molecular flexibility index (Phi) is 15.0. The molecule has 0 fully saturated rings. The van der Waals surface area contributed by atoms with E-state index in [1.165, 1.54) is 180 Å². The second-order valence-corrected chi connectivity index (χ2v) is 31.9. The number of nitrogens with zero attached hydrogens (tertiary/aromatic N) is 5. The summed E-state index contributed by atoms with van der Waals surface area (Å²) < 4.78 is 18.6. The molecule has 0 atom stereocenters. The van der Waals surface area contributed by atoms with Gasteiger partial charge in [-0.2, -0.15) is 0 Å². The third kappa shape index (κ3) is 10.7. The van der Waals surface area contributed by atoms with Crippen molar-refractivity contribution in [2.45, 2.75) is 0 Å². The lowest BCUT2D eigenvalue weighted by molar-refractivity contribution is 0.669. The number of rotatable bonds is 9. The Balaban J connectivity index is 0.000000135. The second kappa shape index (κ2) is 26.8. The van der Waals surface area contributed by atoms with Crippen molar-refractivity contribution in [3.63, 3.8) is 0 Å². The van der Waals surface area contributed by atoms with Crippen molar-refractivity contribution < 1.29 is 4.42 Å². The van der Waals surface area contributed by atoms with E-state index in [1.54, 1.807) is 0 Å². The van der Waals surface area contributed by atoms with E-state index in [0.29, 0.717) is 0 Å². The Bertz CT molecular complexity index is 8740. The Morgan fingerprint density at radius 2 is 0.408 bits per heavy atom. The van der Waals surface area contributed by atoms with Crippen LogP contribution in [0.5, 0.6) is 0 Å². The van der Waals surface area contributed by atoms with Gasteiger partial charge >= 0.3 is 0 Å². The molecular formula is C114H71N5O. The van der Waals surface area contributed by atoms with Gasteiger partial charge in [-0.1, -0.05) is 273 Å². The van der Waals surface area contributed by atoms with E-state index < -0.39 is 0 Å². The summed E-state index contributed by atoms with van der Waals surface area (Å²) in [6.45, 7) is 0. The molecule has 0 saturated heterocycles. The molecule has 120 heavy (non-hydrogen) atoms. The van der Waals surface area contributed by atoms with Gasteiger partial charge in [-0.25, -0.2) is 0 Å². The predicted molar refractivity (Wildman–Crippen MR) is 506 cm³/mol. The van der Waals surface area contributed by atoms with Crippen molar-refractivity contribution in [2.24, 2.45) is 0 Å². The maximum atomic E-state index is 6.43. The SMILES string of the molecule is c1ccc(-c2cccc(-n3c4ccccc4c4cc(-c5ccc6c(c5)c5cc7c(cc5n6-c5ccc6ccccc6c5)oc5ccccc57)ccc43)c2)cc1.c1ccc(-c2cccc(-n3c4ccccc4c4cc(-c5ccc6c(c5)c5cc7c8ccccc8n(-c8ccc9ccccc9c8)c7cc5n6-c5ccc6ccccc6c5)ccc43)c2)cc1. The molecule has 26 aromatic rings. The van der Waals surface area contributed by atoms with Gasteiger partial charge in [0.25, 0.3) is 0 Å². The van der Waals surface area contributed by atoms with Crippen LogP contribution in [0.4, 0.5) is 0 Å². The van der Waals surface area contributed by atoms with Gasteiger partial charge in [0.2, 0.25) is 0 Å². The van der Waals surface area contributed by atoms with Gasteiger partial charge in [0.15, 0.2) is 0 Å². The largest absolute Gasteiger partial charge is 0.456 e. The summed E-state index contributed by atoms with van der Waals surface area (Å²) in [5.74, 6) is 0. The van der Waals surface area contributed by atoms with Gasteiger partial charge in [0.1, 0.15) is 11.2 Å². The van der Waals surface area contributed by atoms with Gasteiger partial charge < -0.3 is 27.3 Å². The fourth-order valence-corrected chi connectivity index (χ4v) is 19.6. The first-order chi connectivity index (χ1) is 59.5. The number of fused-ring (bicyclic) bond motifs is 21. The lowest BCUT2D eigenvalue weighted by atomic mass is 10.00. The molecule has 0 spiro atoms. The number of furan rings is 1.